The van der Waals surface area contributed by atoms with Crippen LogP contribution in [0.2, 0.25) is 5.02 Å². The second-order valence-corrected chi connectivity index (χ2v) is 9.42. The summed E-state index contributed by atoms with van der Waals surface area (Å²) in [6.45, 7) is 6.93. The lowest BCUT2D eigenvalue weighted by Crippen LogP contribution is -2.46. The minimum atomic E-state index is -0.439. The molecule has 3 N–H and O–H groups in total. The molecule has 1 aliphatic heterocycles. The Morgan fingerprint density at radius 2 is 2.06 bits per heavy atom. The molecule has 0 bridgehead atoms. The maximum Gasteiger partial charge on any atom is 0.340 e. The smallest absolute Gasteiger partial charge is 0.340 e. The number of aromatic amines is 2. The molecule has 0 aliphatic carbocycles. The molecule has 8 nitrogen and oxygen atoms in total. The molecular formula is C26H31ClN4O4. The van der Waals surface area contributed by atoms with Crippen molar-refractivity contribution in [3.8, 4) is 0 Å². The van der Waals surface area contributed by atoms with Gasteiger partial charge in [-0.1, -0.05) is 11.6 Å². The second kappa shape index (κ2) is 10.6. The van der Waals surface area contributed by atoms with E-state index in [0.717, 1.165) is 29.3 Å². The molecule has 1 aliphatic rings. The van der Waals surface area contributed by atoms with E-state index in [9.17, 15) is 14.4 Å². The summed E-state index contributed by atoms with van der Waals surface area (Å²) < 4.78 is 5.13. The number of nitrogens with one attached hydrogen (secondary N) is 3. The van der Waals surface area contributed by atoms with Gasteiger partial charge in [-0.2, -0.15) is 0 Å². The fourth-order valence-electron chi connectivity index (χ4n) is 4.83. The molecule has 1 fully saturated rings. The number of carbonyl (C=O) groups excluding carboxylic acids is 3. The molecular weight excluding hydrogens is 468 g/mol. The van der Waals surface area contributed by atoms with Crippen LogP contribution in [0.25, 0.3) is 10.9 Å². The van der Waals surface area contributed by atoms with E-state index in [-0.39, 0.29) is 24.3 Å². The van der Waals surface area contributed by atoms with Gasteiger partial charge in [0.1, 0.15) is 5.69 Å². The first-order valence-electron chi connectivity index (χ1n) is 12.0. The number of hydrogen-bond donors (Lipinski definition) is 3. The van der Waals surface area contributed by atoms with E-state index in [1.807, 2.05) is 24.4 Å². The first-order chi connectivity index (χ1) is 16.8. The number of nitrogens with zero attached hydrogens (tertiary/aromatic N) is 1. The minimum absolute atomic E-state index is 0.0491. The topological polar surface area (TPSA) is 107 Å². The number of piperidine rings is 1. The summed E-state index contributed by atoms with van der Waals surface area (Å²) in [7, 11) is 0. The van der Waals surface area contributed by atoms with E-state index in [0.29, 0.717) is 53.6 Å². The summed E-state index contributed by atoms with van der Waals surface area (Å²) >= 11 is 6.13. The highest BCUT2D eigenvalue weighted by Gasteiger charge is 2.31. The predicted molar refractivity (Wildman–Crippen MR) is 135 cm³/mol. The zero-order chi connectivity index (χ0) is 25.1. The molecule has 9 heteroatoms. The van der Waals surface area contributed by atoms with Crippen LogP contribution in [0.4, 0.5) is 0 Å². The highest BCUT2D eigenvalue weighted by atomic mass is 35.5. The molecule has 0 radical (unpaired) electrons. The third kappa shape index (κ3) is 5.22. The Kier molecular flexibility index (Phi) is 7.50. The predicted octanol–water partition coefficient (Wildman–Crippen LogP) is 4.15. The number of aromatic nitrogens is 2. The average molecular weight is 499 g/mol. The van der Waals surface area contributed by atoms with Crippen LogP contribution in [0.1, 0.15) is 57.4 Å². The summed E-state index contributed by atoms with van der Waals surface area (Å²) in [5.41, 5.74) is 4.08. The first-order valence-corrected chi connectivity index (χ1v) is 12.4. The van der Waals surface area contributed by atoms with Crippen LogP contribution in [-0.4, -0.2) is 58.9 Å². The molecule has 1 unspecified atom stereocenters. The Morgan fingerprint density at radius 1 is 1.26 bits per heavy atom. The summed E-state index contributed by atoms with van der Waals surface area (Å²) in [5.74, 6) is -0.960. The third-order valence-corrected chi connectivity index (χ3v) is 6.87. The molecule has 35 heavy (non-hydrogen) atoms. The van der Waals surface area contributed by atoms with Gasteiger partial charge in [-0.15, -0.1) is 0 Å². The number of amides is 2. The van der Waals surface area contributed by atoms with Gasteiger partial charge in [0, 0.05) is 47.5 Å². The van der Waals surface area contributed by atoms with Gasteiger partial charge in [-0.25, -0.2) is 4.79 Å². The summed E-state index contributed by atoms with van der Waals surface area (Å²) in [6.07, 6.45) is 4.10. The van der Waals surface area contributed by atoms with Gasteiger partial charge in [0.15, 0.2) is 0 Å². The maximum absolute atomic E-state index is 13.3. The van der Waals surface area contributed by atoms with Gasteiger partial charge in [0.05, 0.1) is 18.1 Å². The molecule has 0 saturated carbocycles. The molecule has 1 aromatic carbocycles. The van der Waals surface area contributed by atoms with Gasteiger partial charge < -0.3 is 24.9 Å². The number of aryl methyl sites for hydroxylation is 1. The number of rotatable bonds is 7. The molecule has 2 aromatic heterocycles. The Hall–Kier alpha value is -3.26. The summed E-state index contributed by atoms with van der Waals surface area (Å²) in [5, 5.41) is 4.76. The van der Waals surface area contributed by atoms with Crippen LogP contribution in [-0.2, 0) is 16.0 Å². The van der Waals surface area contributed by atoms with Crippen LogP contribution in [0.3, 0.4) is 0 Å². The van der Waals surface area contributed by atoms with E-state index in [2.05, 4.69) is 15.3 Å². The average Bonchev–Trinajstić information content (AvgIpc) is 3.38. The Labute approximate surface area is 209 Å². The van der Waals surface area contributed by atoms with Gasteiger partial charge in [-0.3, -0.25) is 9.59 Å². The number of benzene rings is 1. The van der Waals surface area contributed by atoms with Gasteiger partial charge in [0.25, 0.3) is 5.91 Å². The van der Waals surface area contributed by atoms with E-state index < -0.39 is 5.97 Å². The van der Waals surface area contributed by atoms with Crippen molar-refractivity contribution in [1.82, 2.24) is 20.2 Å². The number of carbonyl (C=O) groups is 3. The highest BCUT2D eigenvalue weighted by molar-refractivity contribution is 6.31. The number of fused-ring (bicyclic) bond motifs is 1. The molecule has 3 aromatic rings. The lowest BCUT2D eigenvalue weighted by atomic mass is 9.96. The van der Waals surface area contributed by atoms with Crippen LogP contribution >= 0.6 is 11.6 Å². The van der Waals surface area contributed by atoms with Crippen molar-refractivity contribution in [3.05, 3.63) is 57.5 Å². The zero-order valence-corrected chi connectivity index (χ0v) is 21.1. The van der Waals surface area contributed by atoms with Crippen molar-refractivity contribution in [1.29, 1.82) is 0 Å². The molecule has 1 saturated heterocycles. The van der Waals surface area contributed by atoms with Crippen molar-refractivity contribution in [2.24, 2.45) is 5.92 Å². The van der Waals surface area contributed by atoms with E-state index in [1.165, 1.54) is 0 Å². The van der Waals surface area contributed by atoms with Crippen molar-refractivity contribution < 1.29 is 19.1 Å². The summed E-state index contributed by atoms with van der Waals surface area (Å²) in [4.78, 5) is 46.4. The number of hydrogen-bond acceptors (Lipinski definition) is 4. The van der Waals surface area contributed by atoms with Gasteiger partial charge in [0.2, 0.25) is 5.91 Å². The van der Waals surface area contributed by atoms with E-state index >= 15 is 0 Å². The largest absolute Gasteiger partial charge is 0.462 e. The van der Waals surface area contributed by atoms with Crippen molar-refractivity contribution in [3.63, 3.8) is 0 Å². The normalized spacial score (nSPS) is 15.9. The zero-order valence-electron chi connectivity index (χ0n) is 20.3. The molecule has 186 valence electrons. The van der Waals surface area contributed by atoms with Crippen LogP contribution in [0.5, 0.6) is 0 Å². The van der Waals surface area contributed by atoms with Crippen molar-refractivity contribution in [2.75, 3.05) is 26.2 Å². The SMILES string of the molecule is CCOC(=O)c1c(C)[nH]c(C(=O)N2CCCC(C(=O)NCCc3c[nH]c4ccc(Cl)cc34)C2)c1C. The lowest BCUT2D eigenvalue weighted by Gasteiger charge is -2.32. The second-order valence-electron chi connectivity index (χ2n) is 8.98. The van der Waals surface area contributed by atoms with E-state index in [4.69, 9.17) is 16.3 Å². The standard InChI is InChI=1S/C26H31ClN4O4/c1-4-35-26(34)22-15(2)23(30-16(22)3)25(33)31-11-5-6-18(14-31)24(32)28-10-9-17-13-29-21-8-7-19(27)12-20(17)21/h7-8,12-13,18,29-30H,4-6,9-11,14H2,1-3H3,(H,28,32). The third-order valence-electron chi connectivity index (χ3n) is 6.63. The van der Waals surface area contributed by atoms with Gasteiger partial charge >= 0.3 is 5.97 Å². The Morgan fingerprint density at radius 3 is 2.83 bits per heavy atom. The maximum atomic E-state index is 13.3. The Bertz CT molecular complexity index is 1260. The van der Waals surface area contributed by atoms with Crippen LogP contribution in [0, 0.1) is 19.8 Å². The number of halogens is 1. The van der Waals surface area contributed by atoms with Crippen LogP contribution < -0.4 is 5.32 Å². The fraction of sp³-hybridized carbons (Fsp3) is 0.423. The lowest BCUT2D eigenvalue weighted by molar-refractivity contribution is -0.126. The summed E-state index contributed by atoms with van der Waals surface area (Å²) in [6, 6.07) is 5.71. The molecule has 0 spiro atoms. The molecule has 2 amide bonds. The fourth-order valence-corrected chi connectivity index (χ4v) is 5.00. The highest BCUT2D eigenvalue weighted by Crippen LogP contribution is 2.25. The molecule has 1 atom stereocenters. The molecule has 4 rings (SSSR count). The van der Waals surface area contributed by atoms with Crippen molar-refractivity contribution >= 4 is 40.3 Å². The monoisotopic (exact) mass is 498 g/mol. The number of likely N-dealkylation sites (tertiary alicyclic amines) is 1. The van der Waals surface area contributed by atoms with Gasteiger partial charge in [-0.05, 0) is 69.4 Å². The van der Waals surface area contributed by atoms with E-state index in [1.54, 1.807) is 25.7 Å². The quantitative estimate of drug-likeness (QED) is 0.425. The minimum Gasteiger partial charge on any atom is -0.462 e. The van der Waals surface area contributed by atoms with Crippen LogP contribution in [0.15, 0.2) is 24.4 Å². The number of esters is 1. The first kappa shape index (κ1) is 24.9. The van der Waals surface area contributed by atoms with Crippen molar-refractivity contribution in [2.45, 2.75) is 40.0 Å². The number of ether oxygens (including phenoxy) is 1. The molecule has 3 heterocycles. The Balaban J connectivity index is 1.36. The number of H-pyrrole nitrogens is 2.